The Bertz CT molecular complexity index is 827. The number of hydrogen-bond donors (Lipinski definition) is 1. The fourth-order valence-corrected chi connectivity index (χ4v) is 4.26. The lowest BCUT2D eigenvalue weighted by atomic mass is 9.73. The van der Waals surface area contributed by atoms with Crippen LogP contribution in [0.4, 0.5) is 5.69 Å². The van der Waals surface area contributed by atoms with E-state index in [1.807, 2.05) is 0 Å². The van der Waals surface area contributed by atoms with Gasteiger partial charge in [0.25, 0.3) is 5.91 Å². The maximum Gasteiger partial charge on any atom is 0.356 e. The molecule has 1 aromatic carbocycles. The van der Waals surface area contributed by atoms with E-state index < -0.39 is 5.97 Å². The number of benzene rings is 1. The molecular weight excluding hydrogens is 328 g/mol. The summed E-state index contributed by atoms with van der Waals surface area (Å²) in [5.41, 5.74) is 5.80. The second kappa shape index (κ2) is 6.90. The van der Waals surface area contributed by atoms with Crippen molar-refractivity contribution in [2.24, 2.45) is 0 Å². The SMILES string of the molecule is COC(=O)c1ccc(C(=O)Nc2cc3c4c(c2)CCCC4CCC3)cn1. The molecule has 26 heavy (non-hydrogen) atoms. The summed E-state index contributed by atoms with van der Waals surface area (Å²) >= 11 is 0. The fourth-order valence-electron chi connectivity index (χ4n) is 4.26. The zero-order chi connectivity index (χ0) is 18.1. The average molecular weight is 350 g/mol. The molecule has 134 valence electrons. The Labute approximate surface area is 152 Å². The first-order valence-corrected chi connectivity index (χ1v) is 9.17. The highest BCUT2D eigenvalue weighted by molar-refractivity contribution is 6.04. The standard InChI is InChI=1S/C21H22N2O3/c1-26-21(25)18-9-8-16(12-22-18)20(24)23-17-10-14-6-2-4-13-5-3-7-15(11-17)19(13)14/h8-13H,2-7H2,1H3,(H,23,24). The molecule has 1 N–H and O–H groups in total. The summed E-state index contributed by atoms with van der Waals surface area (Å²) in [6.07, 6.45) is 8.64. The molecule has 0 atom stereocenters. The largest absolute Gasteiger partial charge is 0.464 e. The zero-order valence-electron chi connectivity index (χ0n) is 14.9. The first-order chi connectivity index (χ1) is 12.7. The van der Waals surface area contributed by atoms with E-state index in [4.69, 9.17) is 0 Å². The zero-order valence-corrected chi connectivity index (χ0v) is 14.9. The van der Waals surface area contributed by atoms with Crippen molar-refractivity contribution in [3.05, 3.63) is 58.4 Å². The minimum atomic E-state index is -0.514. The number of anilines is 1. The van der Waals surface area contributed by atoms with Gasteiger partial charge >= 0.3 is 5.97 Å². The summed E-state index contributed by atoms with van der Waals surface area (Å²) in [6, 6.07) is 7.35. The molecule has 0 fully saturated rings. The number of esters is 1. The van der Waals surface area contributed by atoms with Crippen molar-refractivity contribution in [2.45, 2.75) is 44.4 Å². The topological polar surface area (TPSA) is 68.3 Å². The number of nitrogens with zero attached hydrogens (tertiary/aromatic N) is 1. The molecular formula is C21H22N2O3. The van der Waals surface area contributed by atoms with Gasteiger partial charge in [-0.05, 0) is 85.4 Å². The van der Waals surface area contributed by atoms with E-state index in [1.54, 1.807) is 11.6 Å². The van der Waals surface area contributed by atoms with Crippen LogP contribution in [0.3, 0.4) is 0 Å². The minimum absolute atomic E-state index is 0.188. The third kappa shape index (κ3) is 3.09. The van der Waals surface area contributed by atoms with Gasteiger partial charge in [0.1, 0.15) is 5.69 Å². The van der Waals surface area contributed by atoms with Crippen LogP contribution in [-0.2, 0) is 17.6 Å². The number of aromatic nitrogens is 1. The highest BCUT2D eigenvalue weighted by Crippen LogP contribution is 2.42. The minimum Gasteiger partial charge on any atom is -0.464 e. The summed E-state index contributed by atoms with van der Waals surface area (Å²) < 4.78 is 4.62. The van der Waals surface area contributed by atoms with Crippen LogP contribution in [0.25, 0.3) is 0 Å². The summed E-state index contributed by atoms with van der Waals surface area (Å²) in [7, 11) is 1.30. The number of ether oxygens (including phenoxy) is 1. The predicted octanol–water partition coefficient (Wildman–Crippen LogP) is 3.88. The Morgan fingerprint density at radius 2 is 1.81 bits per heavy atom. The highest BCUT2D eigenvalue weighted by Gasteiger charge is 2.27. The lowest BCUT2D eigenvalue weighted by Crippen LogP contribution is -2.19. The molecule has 5 nitrogen and oxygen atoms in total. The van der Waals surface area contributed by atoms with Gasteiger partial charge in [0.05, 0.1) is 12.7 Å². The van der Waals surface area contributed by atoms with E-state index in [9.17, 15) is 9.59 Å². The smallest absolute Gasteiger partial charge is 0.356 e. The average Bonchev–Trinajstić information content (AvgIpc) is 2.68. The van der Waals surface area contributed by atoms with E-state index in [0.29, 0.717) is 11.5 Å². The van der Waals surface area contributed by atoms with Crippen molar-refractivity contribution in [1.29, 1.82) is 0 Å². The van der Waals surface area contributed by atoms with Crippen LogP contribution < -0.4 is 5.32 Å². The molecule has 2 aliphatic rings. The lowest BCUT2D eigenvalue weighted by Gasteiger charge is -2.32. The van der Waals surface area contributed by atoms with Crippen LogP contribution in [0.2, 0.25) is 0 Å². The summed E-state index contributed by atoms with van der Waals surface area (Å²) in [4.78, 5) is 28.0. The number of amides is 1. The van der Waals surface area contributed by atoms with Gasteiger partial charge < -0.3 is 10.1 Å². The maximum atomic E-state index is 12.5. The van der Waals surface area contributed by atoms with Crippen LogP contribution in [0.15, 0.2) is 30.5 Å². The third-order valence-electron chi connectivity index (χ3n) is 5.44. The molecule has 0 spiro atoms. The van der Waals surface area contributed by atoms with E-state index in [0.717, 1.165) is 18.5 Å². The fraction of sp³-hybridized carbons (Fsp3) is 0.381. The number of pyridine rings is 1. The second-order valence-corrected chi connectivity index (χ2v) is 7.07. The molecule has 1 heterocycles. The van der Waals surface area contributed by atoms with Gasteiger partial charge in [-0.2, -0.15) is 0 Å². The molecule has 1 aromatic heterocycles. The first kappa shape index (κ1) is 16.8. The molecule has 0 saturated carbocycles. The summed E-state index contributed by atoms with van der Waals surface area (Å²) in [5.74, 6) is -0.0214. The Morgan fingerprint density at radius 1 is 1.12 bits per heavy atom. The third-order valence-corrected chi connectivity index (χ3v) is 5.44. The van der Waals surface area contributed by atoms with Crippen molar-refractivity contribution in [3.63, 3.8) is 0 Å². The van der Waals surface area contributed by atoms with Crippen LogP contribution >= 0.6 is 0 Å². The van der Waals surface area contributed by atoms with Gasteiger partial charge in [0.2, 0.25) is 0 Å². The Hall–Kier alpha value is -2.69. The molecule has 0 aliphatic heterocycles. The molecule has 2 aromatic rings. The van der Waals surface area contributed by atoms with Crippen molar-refractivity contribution in [3.8, 4) is 0 Å². The highest BCUT2D eigenvalue weighted by atomic mass is 16.5. The van der Waals surface area contributed by atoms with Gasteiger partial charge in [-0.15, -0.1) is 0 Å². The Kier molecular flexibility index (Phi) is 4.45. The van der Waals surface area contributed by atoms with Crippen molar-refractivity contribution < 1.29 is 14.3 Å². The predicted molar refractivity (Wildman–Crippen MR) is 98.6 cm³/mol. The molecule has 0 saturated heterocycles. The number of carbonyl (C=O) groups is 2. The number of hydrogen-bond acceptors (Lipinski definition) is 4. The molecule has 0 unspecified atom stereocenters. The molecule has 0 bridgehead atoms. The van der Waals surface area contributed by atoms with Crippen molar-refractivity contribution in [2.75, 3.05) is 12.4 Å². The van der Waals surface area contributed by atoms with E-state index in [-0.39, 0.29) is 11.6 Å². The number of aryl methyl sites for hydroxylation is 2. The quantitative estimate of drug-likeness (QED) is 0.853. The lowest BCUT2D eigenvalue weighted by molar-refractivity contribution is 0.0593. The van der Waals surface area contributed by atoms with Crippen LogP contribution in [0.5, 0.6) is 0 Å². The van der Waals surface area contributed by atoms with Crippen molar-refractivity contribution >= 4 is 17.6 Å². The van der Waals surface area contributed by atoms with Crippen LogP contribution in [0, 0.1) is 0 Å². The van der Waals surface area contributed by atoms with E-state index >= 15 is 0 Å². The Balaban J connectivity index is 1.56. The van der Waals surface area contributed by atoms with Gasteiger partial charge in [-0.3, -0.25) is 4.79 Å². The van der Waals surface area contributed by atoms with Gasteiger partial charge in [-0.25, -0.2) is 9.78 Å². The first-order valence-electron chi connectivity index (χ1n) is 9.17. The number of methoxy groups -OCH3 is 1. The Morgan fingerprint density at radius 3 is 2.38 bits per heavy atom. The van der Waals surface area contributed by atoms with Gasteiger partial charge in [-0.1, -0.05) is 0 Å². The molecule has 4 rings (SSSR count). The monoisotopic (exact) mass is 350 g/mol. The van der Waals surface area contributed by atoms with Crippen LogP contribution in [-0.4, -0.2) is 24.0 Å². The van der Waals surface area contributed by atoms with Gasteiger partial charge in [0, 0.05) is 11.9 Å². The maximum absolute atomic E-state index is 12.5. The van der Waals surface area contributed by atoms with E-state index in [2.05, 4.69) is 27.2 Å². The molecule has 1 amide bonds. The molecule has 0 radical (unpaired) electrons. The summed E-state index contributed by atoms with van der Waals surface area (Å²) in [5, 5.41) is 2.99. The number of carbonyl (C=O) groups excluding carboxylic acids is 2. The van der Waals surface area contributed by atoms with Crippen molar-refractivity contribution in [1.82, 2.24) is 4.98 Å². The summed E-state index contributed by atoms with van der Waals surface area (Å²) in [6.45, 7) is 0. The second-order valence-electron chi connectivity index (χ2n) is 7.07. The van der Waals surface area contributed by atoms with Gasteiger partial charge in [0.15, 0.2) is 0 Å². The van der Waals surface area contributed by atoms with E-state index in [1.165, 1.54) is 56.2 Å². The van der Waals surface area contributed by atoms with Crippen LogP contribution in [0.1, 0.15) is 69.1 Å². The normalized spacial score (nSPS) is 15.9. The number of rotatable bonds is 3. The number of nitrogens with one attached hydrogen (secondary N) is 1. The molecule has 2 aliphatic carbocycles. The molecule has 5 heteroatoms.